The molecule has 0 aliphatic heterocycles. The SMILES string of the molecule is O=c1sc2cc(S(=O)(=O)NCc3ccc(Cl)cc3)ccc2n1Cc1ccccc1. The second-order valence-electron chi connectivity index (χ2n) is 6.52. The molecule has 0 aliphatic carbocycles. The van der Waals surface area contributed by atoms with Crippen molar-refractivity contribution < 1.29 is 8.42 Å². The molecule has 4 rings (SSSR count). The molecule has 0 saturated carbocycles. The fourth-order valence-electron chi connectivity index (χ4n) is 2.99. The van der Waals surface area contributed by atoms with Crippen molar-refractivity contribution in [3.8, 4) is 0 Å². The minimum Gasteiger partial charge on any atom is -0.294 e. The second-order valence-corrected chi connectivity index (χ2v) is 9.72. The normalized spacial score (nSPS) is 11.8. The summed E-state index contributed by atoms with van der Waals surface area (Å²) in [5, 5.41) is 0.594. The fraction of sp³-hybridized carbons (Fsp3) is 0.0952. The van der Waals surface area contributed by atoms with Crippen molar-refractivity contribution in [1.82, 2.24) is 9.29 Å². The van der Waals surface area contributed by atoms with Gasteiger partial charge in [0.05, 0.1) is 21.7 Å². The van der Waals surface area contributed by atoms with Crippen LogP contribution in [0.3, 0.4) is 0 Å². The highest BCUT2D eigenvalue weighted by molar-refractivity contribution is 7.89. The third-order valence-electron chi connectivity index (χ3n) is 4.51. The van der Waals surface area contributed by atoms with Gasteiger partial charge in [0.15, 0.2) is 0 Å². The van der Waals surface area contributed by atoms with E-state index in [2.05, 4.69) is 4.72 Å². The highest BCUT2D eigenvalue weighted by Gasteiger charge is 2.17. The van der Waals surface area contributed by atoms with Gasteiger partial charge in [-0.1, -0.05) is 65.4 Å². The zero-order chi connectivity index (χ0) is 20.4. The van der Waals surface area contributed by atoms with E-state index in [1.807, 2.05) is 30.3 Å². The average Bonchev–Trinajstić information content (AvgIpc) is 3.03. The molecule has 0 radical (unpaired) electrons. The first-order valence-corrected chi connectivity index (χ1v) is 11.5. The van der Waals surface area contributed by atoms with Crippen LogP contribution >= 0.6 is 22.9 Å². The maximum absolute atomic E-state index is 12.7. The predicted octanol–water partition coefficient (Wildman–Crippen LogP) is 4.24. The summed E-state index contributed by atoms with van der Waals surface area (Å²) in [5.74, 6) is 0. The summed E-state index contributed by atoms with van der Waals surface area (Å²) >= 11 is 6.90. The molecule has 3 aromatic carbocycles. The van der Waals surface area contributed by atoms with Crippen LogP contribution in [0.15, 0.2) is 82.5 Å². The van der Waals surface area contributed by atoms with Crippen molar-refractivity contribution in [3.63, 3.8) is 0 Å². The summed E-state index contributed by atoms with van der Waals surface area (Å²) in [6, 6.07) is 21.4. The van der Waals surface area contributed by atoms with Crippen LogP contribution in [0.1, 0.15) is 11.1 Å². The summed E-state index contributed by atoms with van der Waals surface area (Å²) in [6.07, 6.45) is 0. The van der Waals surface area contributed by atoms with E-state index in [9.17, 15) is 13.2 Å². The summed E-state index contributed by atoms with van der Waals surface area (Å²) in [6.45, 7) is 0.601. The lowest BCUT2D eigenvalue weighted by atomic mass is 10.2. The maximum Gasteiger partial charge on any atom is 0.308 e. The van der Waals surface area contributed by atoms with Crippen LogP contribution < -0.4 is 9.60 Å². The molecule has 1 N–H and O–H groups in total. The van der Waals surface area contributed by atoms with Crippen LogP contribution in [0, 0.1) is 0 Å². The number of sulfonamides is 1. The van der Waals surface area contributed by atoms with Crippen LogP contribution in [0.5, 0.6) is 0 Å². The Morgan fingerprint density at radius 3 is 2.38 bits per heavy atom. The third kappa shape index (κ3) is 4.43. The Morgan fingerprint density at radius 2 is 1.66 bits per heavy atom. The Morgan fingerprint density at radius 1 is 0.931 bits per heavy atom. The number of benzene rings is 3. The molecule has 8 heteroatoms. The van der Waals surface area contributed by atoms with E-state index in [-0.39, 0.29) is 16.3 Å². The van der Waals surface area contributed by atoms with Crippen LogP contribution in [-0.2, 0) is 23.1 Å². The summed E-state index contributed by atoms with van der Waals surface area (Å²) in [7, 11) is -3.71. The maximum atomic E-state index is 12.7. The minimum absolute atomic E-state index is 0.118. The van der Waals surface area contributed by atoms with Gasteiger partial charge in [-0.25, -0.2) is 13.1 Å². The average molecular weight is 445 g/mol. The molecular formula is C21H17ClN2O3S2. The van der Waals surface area contributed by atoms with Gasteiger partial charge in [-0.3, -0.25) is 9.36 Å². The standard InChI is InChI=1S/C21H17ClN2O3S2/c22-17-8-6-15(7-9-17)13-23-29(26,27)18-10-11-19-20(12-18)28-21(25)24(19)14-16-4-2-1-3-5-16/h1-12,23H,13-14H2. The Balaban J connectivity index is 1.60. The first-order valence-electron chi connectivity index (χ1n) is 8.84. The Kier molecular flexibility index (Phi) is 5.56. The number of rotatable bonds is 6. The molecule has 0 unspecified atom stereocenters. The summed E-state index contributed by atoms with van der Waals surface area (Å²) in [4.78, 5) is 12.5. The van der Waals surface area contributed by atoms with E-state index in [1.54, 1.807) is 41.0 Å². The van der Waals surface area contributed by atoms with E-state index in [0.29, 0.717) is 16.3 Å². The van der Waals surface area contributed by atoms with Gasteiger partial charge in [-0.15, -0.1) is 0 Å². The molecule has 29 heavy (non-hydrogen) atoms. The molecule has 0 aliphatic rings. The van der Waals surface area contributed by atoms with Crippen molar-refractivity contribution in [1.29, 1.82) is 0 Å². The van der Waals surface area contributed by atoms with Gasteiger partial charge < -0.3 is 0 Å². The van der Waals surface area contributed by atoms with Gasteiger partial charge in [-0.05, 0) is 41.5 Å². The first kappa shape index (κ1) is 19.8. The number of hydrogen-bond donors (Lipinski definition) is 1. The van der Waals surface area contributed by atoms with Gasteiger partial charge in [-0.2, -0.15) is 0 Å². The van der Waals surface area contributed by atoms with Gasteiger partial charge in [0.2, 0.25) is 10.0 Å². The summed E-state index contributed by atoms with van der Waals surface area (Å²) in [5.41, 5.74) is 2.54. The molecule has 0 spiro atoms. The Labute approximate surface area is 177 Å². The van der Waals surface area contributed by atoms with Gasteiger partial charge in [0.1, 0.15) is 0 Å². The molecule has 0 fully saturated rings. The van der Waals surface area contributed by atoms with E-state index < -0.39 is 10.0 Å². The monoisotopic (exact) mass is 444 g/mol. The first-order chi connectivity index (χ1) is 13.9. The lowest BCUT2D eigenvalue weighted by molar-refractivity contribution is 0.581. The smallest absolute Gasteiger partial charge is 0.294 e. The zero-order valence-electron chi connectivity index (χ0n) is 15.2. The molecular weight excluding hydrogens is 428 g/mol. The molecule has 0 amide bonds. The largest absolute Gasteiger partial charge is 0.308 e. The van der Waals surface area contributed by atoms with Crippen LogP contribution in [-0.4, -0.2) is 13.0 Å². The molecule has 4 aromatic rings. The van der Waals surface area contributed by atoms with Gasteiger partial charge >= 0.3 is 4.87 Å². The van der Waals surface area contributed by atoms with Crippen LogP contribution in [0.2, 0.25) is 5.02 Å². The fourth-order valence-corrected chi connectivity index (χ4v) is 5.17. The lowest BCUT2D eigenvalue weighted by Gasteiger charge is -2.08. The number of nitrogens with one attached hydrogen (secondary N) is 1. The van der Waals surface area contributed by atoms with E-state index in [1.165, 1.54) is 6.07 Å². The number of aromatic nitrogens is 1. The van der Waals surface area contributed by atoms with Crippen molar-refractivity contribution in [3.05, 3.63) is 98.6 Å². The molecule has 0 bridgehead atoms. The third-order valence-corrected chi connectivity index (χ3v) is 7.11. The van der Waals surface area contributed by atoms with Gasteiger partial charge in [0, 0.05) is 11.6 Å². The quantitative estimate of drug-likeness (QED) is 0.483. The van der Waals surface area contributed by atoms with E-state index in [0.717, 1.165) is 28.0 Å². The number of hydrogen-bond acceptors (Lipinski definition) is 4. The molecule has 5 nitrogen and oxygen atoms in total. The Bertz CT molecular complexity index is 1310. The minimum atomic E-state index is -3.71. The van der Waals surface area contributed by atoms with E-state index in [4.69, 9.17) is 11.6 Å². The second kappa shape index (κ2) is 8.12. The van der Waals surface area contributed by atoms with Crippen LogP contribution in [0.25, 0.3) is 10.2 Å². The van der Waals surface area contributed by atoms with E-state index >= 15 is 0 Å². The van der Waals surface area contributed by atoms with Crippen LogP contribution in [0.4, 0.5) is 0 Å². The number of nitrogens with zero attached hydrogens (tertiary/aromatic N) is 1. The van der Waals surface area contributed by atoms with Gasteiger partial charge in [0.25, 0.3) is 0 Å². The molecule has 0 atom stereocenters. The zero-order valence-corrected chi connectivity index (χ0v) is 17.6. The Hall–Kier alpha value is -2.45. The number of fused-ring (bicyclic) bond motifs is 1. The van der Waals surface area contributed by atoms with Crippen molar-refractivity contribution in [2.45, 2.75) is 18.0 Å². The molecule has 0 saturated heterocycles. The molecule has 1 aromatic heterocycles. The molecule has 1 heterocycles. The highest BCUT2D eigenvalue weighted by atomic mass is 35.5. The van der Waals surface area contributed by atoms with Crippen molar-refractivity contribution >= 4 is 43.2 Å². The summed E-state index contributed by atoms with van der Waals surface area (Å²) < 4.78 is 30.2. The molecule has 148 valence electrons. The number of thiazole rings is 1. The predicted molar refractivity (Wildman–Crippen MR) is 117 cm³/mol. The topological polar surface area (TPSA) is 68.2 Å². The lowest BCUT2D eigenvalue weighted by Crippen LogP contribution is -2.23. The number of halogens is 1. The highest BCUT2D eigenvalue weighted by Crippen LogP contribution is 2.23. The van der Waals surface area contributed by atoms with Crippen molar-refractivity contribution in [2.75, 3.05) is 0 Å². The van der Waals surface area contributed by atoms with Crippen molar-refractivity contribution in [2.24, 2.45) is 0 Å².